The third kappa shape index (κ3) is 40.4. The summed E-state index contributed by atoms with van der Waals surface area (Å²) in [6, 6.07) is 78.8. The molecular formula is C110H116BBrClN7O28. The Morgan fingerprint density at radius 2 is 0.736 bits per heavy atom. The number of aliphatic imine (C=N–C) groups is 1. The molecule has 2 saturated heterocycles. The normalized spacial score (nSPS) is 11.9. The minimum atomic E-state index is -1.64. The van der Waals surface area contributed by atoms with Crippen molar-refractivity contribution in [3.63, 3.8) is 0 Å². The summed E-state index contributed by atoms with van der Waals surface area (Å²) in [5.41, 5.74) is 10.9. The maximum Gasteiger partial charge on any atom is 0.526 e. The molecule has 38 heteroatoms. The average Bonchev–Trinajstić information content (AvgIpc) is 1.67. The van der Waals surface area contributed by atoms with Crippen LogP contribution in [0.25, 0.3) is 45.3 Å². The van der Waals surface area contributed by atoms with Crippen LogP contribution in [0, 0.1) is 0 Å². The van der Waals surface area contributed by atoms with Gasteiger partial charge in [0.2, 0.25) is 6.08 Å². The van der Waals surface area contributed by atoms with E-state index in [1.54, 1.807) is 115 Å². The highest BCUT2D eigenvalue weighted by Gasteiger charge is 2.38. The fourth-order valence-corrected chi connectivity index (χ4v) is 13.1. The van der Waals surface area contributed by atoms with Crippen molar-refractivity contribution in [2.45, 2.75) is 145 Å². The number of amides is 6. The largest absolute Gasteiger partial charge is 0.526 e. The molecule has 776 valence electrons. The molecule has 6 N–H and O–H groups in total. The topological polar surface area (TPSA) is 484 Å². The molecule has 35 nitrogen and oxygen atoms in total. The van der Waals surface area contributed by atoms with Gasteiger partial charge in [-0.2, -0.15) is 0 Å². The summed E-state index contributed by atoms with van der Waals surface area (Å²) < 4.78 is 58.2. The highest BCUT2D eigenvalue weighted by Crippen LogP contribution is 2.31. The summed E-state index contributed by atoms with van der Waals surface area (Å²) in [5.74, 6) is 1.07. The smallest absolute Gasteiger partial charge is 0.478 e. The van der Waals surface area contributed by atoms with E-state index in [9.17, 15) is 67.1 Å². The van der Waals surface area contributed by atoms with Crippen molar-refractivity contribution in [3.8, 4) is 45.3 Å². The number of carbonyl (C=O) groups is 13. The number of methoxy groups -OCH3 is 2. The zero-order chi connectivity index (χ0) is 108. The van der Waals surface area contributed by atoms with Crippen molar-refractivity contribution in [1.82, 2.24) is 24.9 Å². The number of hydrogen-bond acceptors (Lipinski definition) is 30. The van der Waals surface area contributed by atoms with Gasteiger partial charge < -0.3 is 81.2 Å². The second-order valence-electron chi connectivity index (χ2n) is 36.0. The Balaban J connectivity index is 0.000000239. The SMILES string of the molecule is CC(C)(C)OC(=O)c1ccc(-c2ccc(C=O)o2)cc1.CC(C)(C)OC(=O)c1ccc(-c2ccc(CN3CC(=O)N(Cc4ccccc4)C3=O)o2)cc1.CC(C)(C)OC(=O)c1ccc(Br)cc1.COC(=O)CN.COC(=O)CNCc1ccc(-c2ccc(C(=O)OC(C)(C)C)cc2)o1.Cl.O=C(O)c1ccc(-c2ccc(CN3CC(=O)N(Cc4ccccc4)C3=O)o2)cc1.O=C=NCc1ccccc1.O=Cc1ccc(B(O)O)o1. The van der Waals surface area contributed by atoms with E-state index in [0.717, 1.165) is 43.4 Å². The van der Waals surface area contributed by atoms with E-state index in [1.165, 1.54) is 64.2 Å². The number of nitrogens with one attached hydrogen (secondary N) is 1. The number of hydrogen-bond donors (Lipinski definition) is 5. The van der Waals surface area contributed by atoms with Crippen LogP contribution in [0.15, 0.2) is 305 Å². The van der Waals surface area contributed by atoms with Gasteiger partial charge in [0.1, 0.15) is 81.5 Å². The van der Waals surface area contributed by atoms with Gasteiger partial charge in [-0.3, -0.25) is 43.9 Å². The summed E-state index contributed by atoms with van der Waals surface area (Å²) >= 11 is 3.30. The fourth-order valence-electron chi connectivity index (χ4n) is 12.8. The predicted molar refractivity (Wildman–Crippen MR) is 554 cm³/mol. The van der Waals surface area contributed by atoms with E-state index in [2.05, 4.69) is 40.1 Å². The minimum Gasteiger partial charge on any atom is -0.478 e. The highest BCUT2D eigenvalue weighted by atomic mass is 79.9. The predicted octanol–water partition coefficient (Wildman–Crippen LogP) is 18.6. The van der Waals surface area contributed by atoms with Gasteiger partial charge in [0, 0.05) is 26.7 Å². The number of halogens is 2. The molecule has 148 heavy (non-hydrogen) atoms. The molecule has 2 fully saturated rings. The second kappa shape index (κ2) is 57.4. The molecule has 15 rings (SSSR count). The summed E-state index contributed by atoms with van der Waals surface area (Å²) in [4.78, 5) is 169. The van der Waals surface area contributed by atoms with Crippen LogP contribution in [0.2, 0.25) is 0 Å². The lowest BCUT2D eigenvalue weighted by molar-refractivity contribution is -0.140. The number of aldehydes is 2. The van der Waals surface area contributed by atoms with Crippen LogP contribution in [0.5, 0.6) is 0 Å². The number of nitrogens with two attached hydrogens (primary N) is 1. The second-order valence-corrected chi connectivity index (χ2v) is 37.0. The van der Waals surface area contributed by atoms with E-state index in [4.69, 9.17) is 57.5 Å². The Labute approximate surface area is 870 Å². The summed E-state index contributed by atoms with van der Waals surface area (Å²) in [5, 5.41) is 28.9. The average molecular weight is 2110 g/mol. The van der Waals surface area contributed by atoms with Crippen LogP contribution in [-0.4, -0.2) is 189 Å². The highest BCUT2D eigenvalue weighted by molar-refractivity contribution is 9.10. The number of carboxylic acid groups (broad SMARTS) is 1. The van der Waals surface area contributed by atoms with Crippen molar-refractivity contribution in [1.29, 1.82) is 0 Å². The zero-order valence-corrected chi connectivity index (χ0v) is 86.3. The lowest BCUT2D eigenvalue weighted by Crippen LogP contribution is -2.32. The number of carboxylic acids is 1. The number of benzene rings is 8. The molecule has 5 aromatic heterocycles. The maximum absolute atomic E-state index is 12.7. The molecule has 0 spiro atoms. The Kier molecular flexibility index (Phi) is 46.0. The van der Waals surface area contributed by atoms with Gasteiger partial charge in [0.15, 0.2) is 24.1 Å². The number of furan rings is 5. The Morgan fingerprint density at radius 1 is 0.419 bits per heavy atom. The molecule has 13 aromatic rings. The van der Waals surface area contributed by atoms with Crippen molar-refractivity contribution >= 4 is 125 Å². The molecule has 0 radical (unpaired) electrons. The van der Waals surface area contributed by atoms with Crippen LogP contribution in [0.3, 0.4) is 0 Å². The number of aromatic carboxylic acids is 1. The van der Waals surface area contributed by atoms with Gasteiger partial charge in [-0.25, -0.2) is 43.3 Å². The maximum atomic E-state index is 12.7. The van der Waals surface area contributed by atoms with Crippen molar-refractivity contribution in [2.75, 3.05) is 40.4 Å². The number of esters is 6. The molecule has 8 aromatic carbocycles. The summed E-state index contributed by atoms with van der Waals surface area (Å²) in [6.45, 7) is 23.8. The van der Waals surface area contributed by atoms with E-state index < -0.39 is 35.5 Å². The van der Waals surface area contributed by atoms with Crippen molar-refractivity contribution in [2.24, 2.45) is 10.7 Å². The van der Waals surface area contributed by atoms with Gasteiger partial charge in [-0.15, -0.1) is 12.4 Å². The molecule has 0 unspecified atom stereocenters. The number of isocyanates is 1. The lowest BCUT2D eigenvalue weighted by Gasteiger charge is -2.19. The number of ether oxygens (including phenoxy) is 6. The number of rotatable bonds is 27. The molecule has 2 aliphatic rings. The number of nitrogens with zero attached hydrogens (tertiary/aromatic N) is 5. The first-order chi connectivity index (χ1) is 69.7. The lowest BCUT2D eigenvalue weighted by atomic mass is 9.88. The molecule has 0 bridgehead atoms. The quantitative estimate of drug-likeness (QED) is 0.00607. The van der Waals surface area contributed by atoms with E-state index in [-0.39, 0.29) is 147 Å². The first kappa shape index (κ1) is 119. The third-order valence-electron chi connectivity index (χ3n) is 19.7. The standard InChI is InChI=1S/C26H26N2O5.C22H18N2O5.C19H23NO5.C16H16O4.C11H13BrO2.C8H7NO.C5H5BO4.C3H7NO2.ClH/c1-26(2,3)33-24(30)20-11-9-19(10-12-20)22-14-13-21(32-22)16-27-17-23(29)28(25(27)31)15-18-7-5-4-6-8-18;25-20-14-23(22(28)24(20)12-15-4-2-1-3-5-15)13-18-10-11-19(29-18)16-6-8-17(9-7-16)21(26)27;1-19(2,3)25-18(22)14-7-5-13(6-8-14)16-10-9-15(24-16)11-20-12-17(21)23-4;1-16(2,3)20-15(18)12-6-4-11(5-7-12)14-9-8-13(10-17)19-14;1-11(2,3)14-10(13)8-4-6-9(12)7-5-8;10-7-9-6-8-4-2-1-3-5-8;7-3-4-1-2-5(10-4)6(8)9;1-6-3(5)2-4;/h4-14H,15-17H2,1-3H3;1-11H,12-14H2,(H,26,27);5-10,20H,11-12H2,1-4H3;4-10H,1-3H3;4-7H,1-3H3;1-5H,6H2;1-3,8-9H;2,4H2,1H3;1H. The Hall–Kier alpha value is -16.3. The van der Waals surface area contributed by atoms with Gasteiger partial charge in [0.05, 0.1) is 94.4 Å². The van der Waals surface area contributed by atoms with Gasteiger partial charge in [0.25, 0.3) is 11.8 Å². The minimum absolute atomic E-state index is 0. The first-order valence-electron chi connectivity index (χ1n) is 45.7. The number of urea groups is 2. The van der Waals surface area contributed by atoms with E-state index in [0.29, 0.717) is 88.2 Å². The molecular weight excluding hydrogens is 1990 g/mol. The Morgan fingerprint density at radius 3 is 1.04 bits per heavy atom. The molecule has 0 saturated carbocycles. The van der Waals surface area contributed by atoms with Crippen LogP contribution in [-0.2, 0) is 91.7 Å². The van der Waals surface area contributed by atoms with Crippen molar-refractivity contribution < 1.29 is 133 Å². The van der Waals surface area contributed by atoms with Gasteiger partial charge >= 0.3 is 61.0 Å². The van der Waals surface area contributed by atoms with Crippen molar-refractivity contribution in [3.05, 3.63) is 351 Å². The number of imide groups is 2. The van der Waals surface area contributed by atoms with Gasteiger partial charge in [-0.1, -0.05) is 155 Å². The number of carbonyl (C=O) groups excluding carboxylic acids is 13. The van der Waals surface area contributed by atoms with Gasteiger partial charge in [-0.05, 0) is 233 Å². The summed E-state index contributed by atoms with van der Waals surface area (Å²) in [7, 11) is 0.999. The molecule has 7 heterocycles. The molecule has 0 aliphatic carbocycles. The van der Waals surface area contributed by atoms with Crippen LogP contribution in [0.1, 0.15) is 190 Å². The Bertz CT molecular complexity index is 6590. The first-order valence-corrected chi connectivity index (χ1v) is 46.5. The van der Waals surface area contributed by atoms with E-state index in [1.807, 2.05) is 217 Å². The van der Waals surface area contributed by atoms with Crippen LogP contribution in [0.4, 0.5) is 9.59 Å². The third-order valence-corrected chi connectivity index (χ3v) is 20.3. The van der Waals surface area contributed by atoms with Crippen LogP contribution < -0.4 is 16.7 Å². The molecule has 6 amide bonds. The molecule has 0 atom stereocenters. The monoisotopic (exact) mass is 2110 g/mol. The van der Waals surface area contributed by atoms with E-state index >= 15 is 0 Å². The summed E-state index contributed by atoms with van der Waals surface area (Å²) in [6.07, 6.45) is 2.63. The molecule has 2 aliphatic heterocycles. The fraction of sp³-hybridized carbons (Fsp3) is 0.255. The van der Waals surface area contributed by atoms with Crippen LogP contribution >= 0.6 is 28.3 Å². The zero-order valence-electron chi connectivity index (χ0n) is 83.9.